The zero-order chi connectivity index (χ0) is 11.6. The van der Waals surface area contributed by atoms with E-state index in [1.165, 1.54) is 0 Å². The molecule has 1 aromatic heterocycles. The van der Waals surface area contributed by atoms with Crippen molar-refractivity contribution in [3.8, 4) is 0 Å². The molecule has 0 amide bonds. The van der Waals surface area contributed by atoms with E-state index in [1.54, 1.807) is 12.4 Å². The molecule has 0 unspecified atom stereocenters. The van der Waals surface area contributed by atoms with Crippen LogP contribution in [0.4, 0.5) is 0 Å². The SMILES string of the molecule is CCOC1CC(O)(Cc2cncc(Br)c2)C1. The molecule has 0 bridgehead atoms. The molecule has 0 saturated heterocycles. The van der Waals surface area contributed by atoms with Crippen LogP contribution >= 0.6 is 15.9 Å². The Morgan fingerprint density at radius 1 is 1.56 bits per heavy atom. The molecule has 0 atom stereocenters. The zero-order valence-electron chi connectivity index (χ0n) is 9.32. The topological polar surface area (TPSA) is 42.4 Å². The molecule has 0 aliphatic heterocycles. The lowest BCUT2D eigenvalue weighted by molar-refractivity contribution is -0.136. The summed E-state index contributed by atoms with van der Waals surface area (Å²) in [6, 6.07) is 2.00. The van der Waals surface area contributed by atoms with Crippen molar-refractivity contribution in [2.75, 3.05) is 6.61 Å². The second-order valence-electron chi connectivity index (χ2n) is 4.40. The zero-order valence-corrected chi connectivity index (χ0v) is 10.9. The van der Waals surface area contributed by atoms with Gasteiger partial charge in [-0.1, -0.05) is 0 Å². The van der Waals surface area contributed by atoms with E-state index in [4.69, 9.17) is 4.74 Å². The number of rotatable bonds is 4. The van der Waals surface area contributed by atoms with Crippen molar-refractivity contribution >= 4 is 15.9 Å². The Labute approximate surface area is 104 Å². The standard InChI is InChI=1S/C12H16BrNO2/c1-2-16-11-5-12(15,6-11)4-9-3-10(13)8-14-7-9/h3,7-8,11,15H,2,4-6H2,1H3. The van der Waals surface area contributed by atoms with Gasteiger partial charge in [0.1, 0.15) is 0 Å². The lowest BCUT2D eigenvalue weighted by atomic mass is 9.74. The first-order valence-corrected chi connectivity index (χ1v) is 6.34. The molecule has 1 heterocycles. The number of hydrogen-bond donors (Lipinski definition) is 1. The fourth-order valence-corrected chi connectivity index (χ4v) is 2.63. The fraction of sp³-hybridized carbons (Fsp3) is 0.583. The molecule has 88 valence electrons. The highest BCUT2D eigenvalue weighted by Crippen LogP contribution is 2.37. The summed E-state index contributed by atoms with van der Waals surface area (Å²) in [5.74, 6) is 0. The lowest BCUT2D eigenvalue weighted by Gasteiger charge is -2.43. The number of aliphatic hydroxyl groups is 1. The summed E-state index contributed by atoms with van der Waals surface area (Å²) in [6.45, 7) is 2.70. The molecule has 1 aromatic rings. The van der Waals surface area contributed by atoms with Gasteiger partial charge in [0.2, 0.25) is 0 Å². The smallest absolute Gasteiger partial charge is 0.0737 e. The van der Waals surface area contributed by atoms with E-state index < -0.39 is 5.60 Å². The minimum atomic E-state index is -0.595. The first kappa shape index (κ1) is 12.0. The molecule has 1 N–H and O–H groups in total. The minimum absolute atomic E-state index is 0.232. The summed E-state index contributed by atoms with van der Waals surface area (Å²) in [7, 11) is 0. The number of nitrogens with zero attached hydrogens (tertiary/aromatic N) is 1. The maximum absolute atomic E-state index is 10.2. The number of pyridine rings is 1. The number of ether oxygens (including phenoxy) is 1. The molecule has 16 heavy (non-hydrogen) atoms. The highest BCUT2D eigenvalue weighted by molar-refractivity contribution is 9.10. The minimum Gasteiger partial charge on any atom is -0.389 e. The second kappa shape index (κ2) is 4.82. The quantitative estimate of drug-likeness (QED) is 0.923. The van der Waals surface area contributed by atoms with Gasteiger partial charge in [-0.2, -0.15) is 0 Å². The Hall–Kier alpha value is -0.450. The van der Waals surface area contributed by atoms with E-state index in [-0.39, 0.29) is 6.10 Å². The maximum Gasteiger partial charge on any atom is 0.0737 e. The molecule has 2 rings (SSSR count). The number of aromatic nitrogens is 1. The average molecular weight is 286 g/mol. The first-order valence-electron chi connectivity index (χ1n) is 5.55. The van der Waals surface area contributed by atoms with Gasteiger partial charge in [0, 0.05) is 42.7 Å². The Balaban J connectivity index is 1.91. The van der Waals surface area contributed by atoms with Crippen LogP contribution in [0.2, 0.25) is 0 Å². The predicted molar refractivity (Wildman–Crippen MR) is 65.2 cm³/mol. The van der Waals surface area contributed by atoms with Crippen LogP contribution in [-0.4, -0.2) is 28.4 Å². The monoisotopic (exact) mass is 285 g/mol. The average Bonchev–Trinajstić information content (AvgIpc) is 2.15. The van der Waals surface area contributed by atoms with E-state index in [0.717, 1.165) is 29.5 Å². The molecule has 1 saturated carbocycles. The van der Waals surface area contributed by atoms with Crippen LogP contribution in [0.15, 0.2) is 22.9 Å². The number of halogens is 1. The molecule has 1 fully saturated rings. The van der Waals surface area contributed by atoms with Crippen LogP contribution < -0.4 is 0 Å². The normalized spacial score (nSPS) is 28.8. The molecular formula is C12H16BrNO2. The first-order chi connectivity index (χ1) is 7.61. The van der Waals surface area contributed by atoms with Crippen molar-refractivity contribution < 1.29 is 9.84 Å². The van der Waals surface area contributed by atoms with E-state index in [9.17, 15) is 5.11 Å². The van der Waals surface area contributed by atoms with Crippen molar-refractivity contribution in [3.63, 3.8) is 0 Å². The van der Waals surface area contributed by atoms with Crippen LogP contribution in [0, 0.1) is 0 Å². The van der Waals surface area contributed by atoms with Gasteiger partial charge < -0.3 is 9.84 Å². The summed E-state index contributed by atoms with van der Waals surface area (Å²) in [4.78, 5) is 4.09. The van der Waals surface area contributed by atoms with Gasteiger partial charge >= 0.3 is 0 Å². The summed E-state index contributed by atoms with van der Waals surface area (Å²) < 4.78 is 6.40. The summed E-state index contributed by atoms with van der Waals surface area (Å²) in [6.07, 6.45) is 5.90. The van der Waals surface area contributed by atoms with Crippen molar-refractivity contribution in [2.24, 2.45) is 0 Å². The Bertz CT molecular complexity index is 364. The molecule has 0 radical (unpaired) electrons. The highest BCUT2D eigenvalue weighted by atomic mass is 79.9. The third kappa shape index (κ3) is 2.81. The highest BCUT2D eigenvalue weighted by Gasteiger charge is 2.43. The Morgan fingerprint density at radius 2 is 2.31 bits per heavy atom. The molecule has 0 spiro atoms. The van der Waals surface area contributed by atoms with E-state index in [1.807, 2.05) is 13.0 Å². The third-order valence-electron chi connectivity index (χ3n) is 2.91. The van der Waals surface area contributed by atoms with E-state index >= 15 is 0 Å². The molecule has 1 aliphatic rings. The number of hydrogen-bond acceptors (Lipinski definition) is 3. The predicted octanol–water partition coefficient (Wildman–Crippen LogP) is 2.32. The fourth-order valence-electron chi connectivity index (χ4n) is 2.22. The van der Waals surface area contributed by atoms with Crippen molar-refractivity contribution in [1.29, 1.82) is 0 Å². The maximum atomic E-state index is 10.2. The van der Waals surface area contributed by atoms with Crippen molar-refractivity contribution in [2.45, 2.75) is 37.9 Å². The van der Waals surface area contributed by atoms with Crippen LogP contribution in [0.1, 0.15) is 25.3 Å². The Kier molecular flexibility index (Phi) is 3.62. The second-order valence-corrected chi connectivity index (χ2v) is 5.31. The van der Waals surface area contributed by atoms with Crippen LogP contribution in [0.3, 0.4) is 0 Å². The molecule has 1 aliphatic carbocycles. The van der Waals surface area contributed by atoms with Gasteiger partial charge in [0.15, 0.2) is 0 Å². The van der Waals surface area contributed by atoms with Gasteiger partial charge in [-0.05, 0) is 34.5 Å². The molecule has 4 heteroatoms. The van der Waals surface area contributed by atoms with E-state index in [0.29, 0.717) is 6.42 Å². The summed E-state index contributed by atoms with van der Waals surface area (Å²) in [5.41, 5.74) is 0.467. The van der Waals surface area contributed by atoms with Gasteiger partial charge in [-0.25, -0.2) is 0 Å². The van der Waals surface area contributed by atoms with Crippen molar-refractivity contribution in [3.05, 3.63) is 28.5 Å². The van der Waals surface area contributed by atoms with Crippen LogP contribution in [0.5, 0.6) is 0 Å². The van der Waals surface area contributed by atoms with Crippen LogP contribution in [0.25, 0.3) is 0 Å². The largest absolute Gasteiger partial charge is 0.389 e. The summed E-state index contributed by atoms with van der Waals surface area (Å²) >= 11 is 3.38. The van der Waals surface area contributed by atoms with Gasteiger partial charge in [0.25, 0.3) is 0 Å². The van der Waals surface area contributed by atoms with Gasteiger partial charge in [0.05, 0.1) is 11.7 Å². The van der Waals surface area contributed by atoms with E-state index in [2.05, 4.69) is 20.9 Å². The molecule has 3 nitrogen and oxygen atoms in total. The van der Waals surface area contributed by atoms with Gasteiger partial charge in [-0.3, -0.25) is 4.98 Å². The molecular weight excluding hydrogens is 270 g/mol. The molecule has 0 aromatic carbocycles. The van der Waals surface area contributed by atoms with Crippen molar-refractivity contribution in [1.82, 2.24) is 4.98 Å². The van der Waals surface area contributed by atoms with Crippen LogP contribution in [-0.2, 0) is 11.2 Å². The van der Waals surface area contributed by atoms with Gasteiger partial charge in [-0.15, -0.1) is 0 Å². The Morgan fingerprint density at radius 3 is 2.94 bits per heavy atom. The summed E-state index contributed by atoms with van der Waals surface area (Å²) in [5, 5.41) is 10.2. The lowest BCUT2D eigenvalue weighted by Crippen LogP contribution is -2.49. The third-order valence-corrected chi connectivity index (χ3v) is 3.35.